The molecule has 0 fully saturated rings. The number of rotatable bonds is 8. The van der Waals surface area contributed by atoms with E-state index in [1.165, 1.54) is 111 Å². The monoisotopic (exact) mass is 790 g/mol. The van der Waals surface area contributed by atoms with Crippen molar-refractivity contribution in [1.29, 1.82) is 0 Å². The summed E-state index contributed by atoms with van der Waals surface area (Å²) in [6.45, 7) is 0. The van der Waals surface area contributed by atoms with Gasteiger partial charge in [0, 0.05) is 0 Å². The summed E-state index contributed by atoms with van der Waals surface area (Å²) in [6.07, 6.45) is 8.86. The summed E-state index contributed by atoms with van der Waals surface area (Å²) in [7, 11) is 0. The quantitative estimate of drug-likeness (QED) is 0.135. The van der Waals surface area contributed by atoms with Crippen LogP contribution in [0.2, 0.25) is 0 Å². The SMILES string of the molecule is C(=C(c1ccccc1)c1ccccc1)c1ccc(-c2ccc3c(c2)CCc2cc4c(cc2-3)CCc2cc(-c3ccc(C=C(c5ccccc5)c5ccccc5)cc3)ccc2-4)cc1. The van der Waals surface area contributed by atoms with Gasteiger partial charge in [-0.25, -0.2) is 0 Å². The van der Waals surface area contributed by atoms with E-state index in [0.717, 1.165) is 25.7 Å². The van der Waals surface area contributed by atoms with Crippen molar-refractivity contribution < 1.29 is 0 Å². The van der Waals surface area contributed by atoms with Gasteiger partial charge in [-0.2, -0.15) is 0 Å². The minimum atomic E-state index is 1.06. The molecule has 9 aromatic rings. The summed E-state index contributed by atoms with van der Waals surface area (Å²) < 4.78 is 0. The highest BCUT2D eigenvalue weighted by Gasteiger charge is 2.23. The number of aryl methyl sites for hydroxylation is 4. The maximum Gasteiger partial charge on any atom is -0.0105 e. The van der Waals surface area contributed by atoms with Gasteiger partial charge in [0.2, 0.25) is 0 Å². The summed E-state index contributed by atoms with van der Waals surface area (Å²) in [5, 5.41) is 0. The molecule has 2 aliphatic carbocycles. The lowest BCUT2D eigenvalue weighted by atomic mass is 9.77. The number of benzene rings is 9. The third kappa shape index (κ3) is 7.46. The second-order valence-electron chi connectivity index (χ2n) is 16.7. The van der Waals surface area contributed by atoms with Crippen LogP contribution < -0.4 is 0 Å². The standard InChI is InChI=1S/C62H46/c1-5-13-47(14-6-1)59(48-15-7-2-8-16-48)37-43-21-25-45(26-22-43)51-33-35-57-53(39-51)29-31-55-42-62-56(41-61(55)57)32-30-54-40-52(34-36-58(54)62)46-27-23-44(24-28-46)38-60(49-17-9-3-10-18-49)50-19-11-4-12-20-50/h1-28,33-42H,29-32H2. The van der Waals surface area contributed by atoms with Crippen LogP contribution in [0.4, 0.5) is 0 Å². The van der Waals surface area contributed by atoms with Gasteiger partial charge in [-0.3, -0.25) is 0 Å². The zero-order chi connectivity index (χ0) is 41.2. The fourth-order valence-corrected chi connectivity index (χ4v) is 9.64. The van der Waals surface area contributed by atoms with E-state index in [1.54, 1.807) is 0 Å². The molecule has 9 aromatic carbocycles. The maximum absolute atomic E-state index is 2.52. The first kappa shape index (κ1) is 37.5. The van der Waals surface area contributed by atoms with Crippen molar-refractivity contribution in [2.45, 2.75) is 25.7 Å². The predicted octanol–water partition coefficient (Wildman–Crippen LogP) is 15.7. The van der Waals surface area contributed by atoms with Crippen molar-refractivity contribution in [2.75, 3.05) is 0 Å². The van der Waals surface area contributed by atoms with E-state index in [4.69, 9.17) is 0 Å². The lowest BCUT2D eigenvalue weighted by Gasteiger charge is -2.27. The molecule has 0 atom stereocenters. The molecule has 0 nitrogen and oxygen atoms in total. The molecular weight excluding hydrogens is 745 g/mol. The maximum atomic E-state index is 2.52. The summed E-state index contributed by atoms with van der Waals surface area (Å²) in [4.78, 5) is 0. The van der Waals surface area contributed by atoms with Gasteiger partial charge in [-0.05, 0) is 149 Å². The largest absolute Gasteiger partial charge is 0.0622 e. The Bertz CT molecular complexity index is 2800. The Morgan fingerprint density at radius 1 is 0.258 bits per heavy atom. The van der Waals surface area contributed by atoms with Crippen LogP contribution in [-0.4, -0.2) is 0 Å². The molecule has 11 rings (SSSR count). The van der Waals surface area contributed by atoms with E-state index < -0.39 is 0 Å². The molecule has 0 aliphatic heterocycles. The fourth-order valence-electron chi connectivity index (χ4n) is 9.64. The van der Waals surface area contributed by atoms with Crippen molar-refractivity contribution in [1.82, 2.24) is 0 Å². The van der Waals surface area contributed by atoms with Gasteiger partial charge in [0.05, 0.1) is 0 Å². The van der Waals surface area contributed by atoms with Crippen molar-refractivity contribution in [3.63, 3.8) is 0 Å². The first-order valence-electron chi connectivity index (χ1n) is 22.0. The van der Waals surface area contributed by atoms with Gasteiger partial charge in [-0.15, -0.1) is 0 Å². The third-order valence-corrected chi connectivity index (χ3v) is 12.9. The molecular formula is C62H46. The molecule has 2 aliphatic rings. The average Bonchev–Trinajstić information content (AvgIpc) is 3.35. The minimum Gasteiger partial charge on any atom is -0.0622 e. The Morgan fingerprint density at radius 3 is 0.871 bits per heavy atom. The van der Waals surface area contributed by atoms with Crippen molar-refractivity contribution in [3.8, 4) is 44.5 Å². The van der Waals surface area contributed by atoms with Crippen LogP contribution >= 0.6 is 0 Å². The molecule has 0 aromatic heterocycles. The van der Waals surface area contributed by atoms with E-state index >= 15 is 0 Å². The van der Waals surface area contributed by atoms with Gasteiger partial charge >= 0.3 is 0 Å². The van der Waals surface area contributed by atoms with E-state index in [2.05, 4.69) is 231 Å². The van der Waals surface area contributed by atoms with Crippen molar-refractivity contribution in [3.05, 3.63) is 274 Å². The smallest absolute Gasteiger partial charge is 0.0105 e. The lowest BCUT2D eigenvalue weighted by molar-refractivity contribution is 0.917. The highest BCUT2D eigenvalue weighted by Crippen LogP contribution is 2.43. The molecule has 294 valence electrons. The molecule has 0 unspecified atom stereocenters. The van der Waals surface area contributed by atoms with Crippen LogP contribution in [0.25, 0.3) is 67.8 Å². The Morgan fingerprint density at radius 2 is 0.548 bits per heavy atom. The minimum absolute atomic E-state index is 1.06. The van der Waals surface area contributed by atoms with Crippen LogP contribution in [0, 0.1) is 0 Å². The van der Waals surface area contributed by atoms with Gasteiger partial charge in [0.25, 0.3) is 0 Å². The number of fused-ring (bicyclic) bond motifs is 6. The zero-order valence-electron chi connectivity index (χ0n) is 34.8. The molecule has 0 saturated carbocycles. The van der Waals surface area contributed by atoms with E-state index in [9.17, 15) is 0 Å². The lowest BCUT2D eigenvalue weighted by Crippen LogP contribution is -2.09. The normalized spacial score (nSPS) is 12.3. The topological polar surface area (TPSA) is 0 Å². The zero-order valence-corrected chi connectivity index (χ0v) is 34.8. The molecule has 0 bridgehead atoms. The number of hydrogen-bond donors (Lipinski definition) is 0. The summed E-state index contributed by atoms with van der Waals surface area (Å²) >= 11 is 0. The molecule has 0 amide bonds. The predicted molar refractivity (Wildman–Crippen MR) is 263 cm³/mol. The first-order chi connectivity index (χ1) is 30.7. The Labute approximate surface area is 365 Å². The second-order valence-corrected chi connectivity index (χ2v) is 16.7. The molecule has 0 saturated heterocycles. The number of hydrogen-bond acceptors (Lipinski definition) is 0. The van der Waals surface area contributed by atoms with Crippen LogP contribution in [0.5, 0.6) is 0 Å². The Kier molecular flexibility index (Phi) is 9.96. The van der Waals surface area contributed by atoms with Crippen molar-refractivity contribution >= 4 is 23.3 Å². The third-order valence-electron chi connectivity index (χ3n) is 12.9. The van der Waals surface area contributed by atoms with E-state index in [1.807, 2.05) is 0 Å². The van der Waals surface area contributed by atoms with Gasteiger partial charge in [-0.1, -0.05) is 218 Å². The van der Waals surface area contributed by atoms with Crippen LogP contribution in [0.1, 0.15) is 55.6 Å². The fraction of sp³-hybridized carbons (Fsp3) is 0.0645. The van der Waals surface area contributed by atoms with E-state index in [0.29, 0.717) is 0 Å². The van der Waals surface area contributed by atoms with Crippen LogP contribution in [0.15, 0.2) is 218 Å². The summed E-state index contributed by atoms with van der Waals surface area (Å²) in [5.41, 5.74) is 26.3. The first-order valence-corrected chi connectivity index (χ1v) is 22.0. The molecule has 62 heavy (non-hydrogen) atoms. The van der Waals surface area contributed by atoms with Crippen LogP contribution in [-0.2, 0) is 25.7 Å². The second kappa shape index (κ2) is 16.5. The van der Waals surface area contributed by atoms with Gasteiger partial charge in [0.1, 0.15) is 0 Å². The molecule has 0 spiro atoms. The Balaban J connectivity index is 0.834. The molecule has 0 radical (unpaired) electrons. The summed E-state index contributed by atoms with van der Waals surface area (Å²) in [6, 6.07) is 80.2. The molecule has 0 N–H and O–H groups in total. The highest BCUT2D eigenvalue weighted by molar-refractivity contribution is 5.93. The summed E-state index contributed by atoms with van der Waals surface area (Å²) in [5.74, 6) is 0. The van der Waals surface area contributed by atoms with Crippen molar-refractivity contribution in [2.24, 2.45) is 0 Å². The highest BCUT2D eigenvalue weighted by atomic mass is 14.3. The molecule has 0 heteroatoms. The van der Waals surface area contributed by atoms with Crippen LogP contribution in [0.3, 0.4) is 0 Å². The molecule has 0 heterocycles. The van der Waals surface area contributed by atoms with E-state index in [-0.39, 0.29) is 0 Å². The Hall–Kier alpha value is -7.54. The van der Waals surface area contributed by atoms with Gasteiger partial charge < -0.3 is 0 Å². The average molecular weight is 791 g/mol. The van der Waals surface area contributed by atoms with Gasteiger partial charge in [0.15, 0.2) is 0 Å².